The van der Waals surface area contributed by atoms with Gasteiger partial charge in [0.05, 0.1) is 6.42 Å². The molecule has 1 aromatic rings. The van der Waals surface area contributed by atoms with Gasteiger partial charge in [0.25, 0.3) is 0 Å². The molecule has 0 saturated heterocycles. The molecule has 1 aliphatic rings. The summed E-state index contributed by atoms with van der Waals surface area (Å²) in [5.74, 6) is -1.87. The molecule has 1 aromatic carbocycles. The molecule has 0 heterocycles. The van der Waals surface area contributed by atoms with Gasteiger partial charge < -0.3 is 9.84 Å². The Labute approximate surface area is 115 Å². The average molecular weight is 274 g/mol. The van der Waals surface area contributed by atoms with Gasteiger partial charge in [-0.1, -0.05) is 24.3 Å². The minimum atomic E-state index is -1.07. The van der Waals surface area contributed by atoms with Gasteiger partial charge in [0, 0.05) is 17.2 Å². The number of carbonyl (C=O) groups excluding carboxylic acids is 2. The van der Waals surface area contributed by atoms with E-state index in [1.165, 1.54) is 0 Å². The molecule has 0 saturated carbocycles. The zero-order valence-electron chi connectivity index (χ0n) is 11.2. The van der Waals surface area contributed by atoms with Crippen LogP contribution in [0.2, 0.25) is 0 Å². The summed E-state index contributed by atoms with van der Waals surface area (Å²) in [5.41, 5.74) is -0.457. The molecule has 0 aromatic heterocycles. The number of carbonyl (C=O) groups is 3. The number of hydrogen-bond donors (Lipinski definition) is 1. The molecular weight excluding hydrogens is 260 g/mol. The van der Waals surface area contributed by atoms with Gasteiger partial charge in [0.1, 0.15) is 5.60 Å². The number of fused-ring (bicyclic) bond motifs is 1. The number of carboxylic acids is 1. The molecule has 0 aliphatic heterocycles. The number of aliphatic carboxylic acids is 1. The van der Waals surface area contributed by atoms with E-state index in [0.29, 0.717) is 5.56 Å². The van der Waals surface area contributed by atoms with E-state index in [9.17, 15) is 14.4 Å². The van der Waals surface area contributed by atoms with E-state index in [1.54, 1.807) is 38.1 Å². The largest absolute Gasteiger partial charge is 0.483 e. The third-order valence-corrected chi connectivity index (χ3v) is 2.89. The van der Waals surface area contributed by atoms with Crippen molar-refractivity contribution in [3.8, 4) is 0 Å². The first-order chi connectivity index (χ1) is 9.30. The van der Waals surface area contributed by atoms with Crippen molar-refractivity contribution in [2.45, 2.75) is 25.9 Å². The van der Waals surface area contributed by atoms with Crippen LogP contribution >= 0.6 is 0 Å². The number of ether oxygens (including phenoxy) is 1. The molecule has 1 aliphatic carbocycles. The highest BCUT2D eigenvalue weighted by atomic mass is 16.5. The number of benzene rings is 1. The number of Topliss-reactive ketones (excluding diaryl/α,β-unsaturated/α-hetero) is 1. The van der Waals surface area contributed by atoms with E-state index in [4.69, 9.17) is 9.84 Å². The molecule has 2 rings (SSSR count). The van der Waals surface area contributed by atoms with Crippen molar-refractivity contribution in [3.05, 3.63) is 47.2 Å². The van der Waals surface area contributed by atoms with Crippen molar-refractivity contribution in [2.75, 3.05) is 0 Å². The first-order valence-electron chi connectivity index (χ1n) is 6.11. The van der Waals surface area contributed by atoms with E-state index >= 15 is 0 Å². The fourth-order valence-electron chi connectivity index (χ4n) is 2.06. The lowest BCUT2D eigenvalue weighted by molar-refractivity contribution is -0.141. The zero-order valence-corrected chi connectivity index (χ0v) is 11.2. The first-order valence-corrected chi connectivity index (χ1v) is 6.11. The summed E-state index contributed by atoms with van der Waals surface area (Å²) in [6.07, 6.45) is 0.849. The lowest BCUT2D eigenvalue weighted by atomic mass is 9.93. The molecule has 0 radical (unpaired) electrons. The smallest absolute Gasteiger partial charge is 0.307 e. The van der Waals surface area contributed by atoms with Crippen LogP contribution in [0, 0.1) is 0 Å². The monoisotopic (exact) mass is 274 g/mol. The van der Waals surface area contributed by atoms with Crippen molar-refractivity contribution in [1.82, 2.24) is 0 Å². The summed E-state index contributed by atoms with van der Waals surface area (Å²) in [5, 5.41) is 8.80. The molecule has 5 nitrogen and oxygen atoms in total. The maximum Gasteiger partial charge on any atom is 0.307 e. The number of carboxylic acid groups (broad SMARTS) is 1. The van der Waals surface area contributed by atoms with E-state index in [2.05, 4.69) is 0 Å². The molecule has 0 unspecified atom stereocenters. The second-order valence-electron chi connectivity index (χ2n) is 5.18. The summed E-state index contributed by atoms with van der Waals surface area (Å²) < 4.78 is 5.44. The summed E-state index contributed by atoms with van der Waals surface area (Å²) in [6.45, 7) is 3.11. The maximum absolute atomic E-state index is 12.2. The number of allylic oxidation sites excluding steroid dienone is 2. The molecule has 20 heavy (non-hydrogen) atoms. The van der Waals surface area contributed by atoms with Crippen LogP contribution in [0.4, 0.5) is 0 Å². The summed E-state index contributed by atoms with van der Waals surface area (Å²) >= 11 is 0. The van der Waals surface area contributed by atoms with Gasteiger partial charge in [0.15, 0.2) is 11.5 Å². The second kappa shape index (κ2) is 4.92. The van der Waals surface area contributed by atoms with Crippen LogP contribution < -0.4 is 0 Å². The van der Waals surface area contributed by atoms with E-state index < -0.39 is 17.4 Å². The molecule has 5 heteroatoms. The Hall–Kier alpha value is -2.43. The SMILES string of the molecule is CC(C)(CC(=O)O)OC1=CC(=O)c2ccccc2C1=O. The van der Waals surface area contributed by atoms with Crippen LogP contribution in [0.1, 0.15) is 41.0 Å². The van der Waals surface area contributed by atoms with Crippen molar-refractivity contribution in [2.24, 2.45) is 0 Å². The lowest BCUT2D eigenvalue weighted by Crippen LogP contribution is -2.31. The van der Waals surface area contributed by atoms with E-state index in [-0.39, 0.29) is 23.5 Å². The van der Waals surface area contributed by atoms with E-state index in [0.717, 1.165) is 6.08 Å². The van der Waals surface area contributed by atoms with Crippen molar-refractivity contribution < 1.29 is 24.2 Å². The fourth-order valence-corrected chi connectivity index (χ4v) is 2.06. The number of hydrogen-bond acceptors (Lipinski definition) is 4. The quantitative estimate of drug-likeness (QED) is 0.910. The summed E-state index contributed by atoms with van der Waals surface area (Å²) in [7, 11) is 0. The lowest BCUT2D eigenvalue weighted by Gasteiger charge is -2.27. The average Bonchev–Trinajstić information content (AvgIpc) is 2.33. The highest BCUT2D eigenvalue weighted by Crippen LogP contribution is 2.26. The predicted molar refractivity (Wildman–Crippen MR) is 70.6 cm³/mol. The Morgan fingerprint density at radius 2 is 1.80 bits per heavy atom. The van der Waals surface area contributed by atoms with Gasteiger partial charge in [-0.05, 0) is 13.8 Å². The minimum absolute atomic E-state index is 0.111. The van der Waals surface area contributed by atoms with Crippen LogP contribution in [0.25, 0.3) is 0 Å². The third kappa shape index (κ3) is 2.77. The predicted octanol–water partition coefficient (Wildman–Crippen LogP) is 2.22. The van der Waals surface area contributed by atoms with Crippen LogP contribution in [0.3, 0.4) is 0 Å². The highest BCUT2D eigenvalue weighted by molar-refractivity contribution is 6.23. The van der Waals surface area contributed by atoms with Gasteiger partial charge in [-0.15, -0.1) is 0 Å². The van der Waals surface area contributed by atoms with Gasteiger partial charge in [-0.3, -0.25) is 14.4 Å². The Morgan fingerprint density at radius 1 is 1.20 bits per heavy atom. The van der Waals surface area contributed by atoms with Crippen LogP contribution in [0.15, 0.2) is 36.1 Å². The fraction of sp³-hybridized carbons (Fsp3) is 0.267. The molecule has 104 valence electrons. The van der Waals surface area contributed by atoms with Crippen LogP contribution in [-0.4, -0.2) is 28.2 Å². The number of rotatable bonds is 4. The Bertz CT molecular complexity index is 625. The third-order valence-electron chi connectivity index (χ3n) is 2.89. The topological polar surface area (TPSA) is 80.7 Å². The molecular formula is C15H14O5. The van der Waals surface area contributed by atoms with Gasteiger partial charge in [0.2, 0.25) is 5.78 Å². The Balaban J connectivity index is 2.30. The van der Waals surface area contributed by atoms with E-state index in [1.807, 2.05) is 0 Å². The Kier molecular flexibility index (Phi) is 3.44. The maximum atomic E-state index is 12.2. The molecule has 0 bridgehead atoms. The molecule has 0 fully saturated rings. The molecule has 1 N–H and O–H groups in total. The summed E-state index contributed by atoms with van der Waals surface area (Å²) in [4.78, 5) is 34.9. The van der Waals surface area contributed by atoms with Gasteiger partial charge in [-0.25, -0.2) is 0 Å². The zero-order chi connectivity index (χ0) is 14.9. The highest BCUT2D eigenvalue weighted by Gasteiger charge is 2.32. The van der Waals surface area contributed by atoms with Gasteiger partial charge in [-0.2, -0.15) is 0 Å². The second-order valence-corrected chi connectivity index (χ2v) is 5.18. The standard InChI is InChI=1S/C15H14O5/c1-15(2,8-13(17)18)20-12-7-11(16)9-5-3-4-6-10(9)14(12)19/h3-7H,8H2,1-2H3,(H,17,18). The summed E-state index contributed by atoms with van der Waals surface area (Å²) in [6, 6.07) is 6.47. The van der Waals surface area contributed by atoms with Crippen LogP contribution in [-0.2, 0) is 9.53 Å². The first kappa shape index (κ1) is 14.0. The number of ketones is 2. The Morgan fingerprint density at radius 3 is 2.40 bits per heavy atom. The van der Waals surface area contributed by atoms with Crippen LogP contribution in [0.5, 0.6) is 0 Å². The van der Waals surface area contributed by atoms with Crippen molar-refractivity contribution in [3.63, 3.8) is 0 Å². The van der Waals surface area contributed by atoms with Crippen molar-refractivity contribution in [1.29, 1.82) is 0 Å². The molecule has 0 spiro atoms. The molecule has 0 atom stereocenters. The minimum Gasteiger partial charge on any atom is -0.483 e. The van der Waals surface area contributed by atoms with Gasteiger partial charge >= 0.3 is 5.97 Å². The molecule has 0 amide bonds. The normalized spacial score (nSPS) is 14.6. The van der Waals surface area contributed by atoms with Crippen molar-refractivity contribution >= 4 is 17.5 Å².